The smallest absolute Gasteiger partial charge is 0.186 e. The van der Waals surface area contributed by atoms with Gasteiger partial charge in [-0.1, -0.05) is 41.9 Å². The minimum Gasteiger partial charge on any atom is -0.340 e. The molecule has 23 heavy (non-hydrogen) atoms. The molecule has 5 nitrogen and oxygen atoms in total. The fourth-order valence-corrected chi connectivity index (χ4v) is 2.56. The van der Waals surface area contributed by atoms with E-state index >= 15 is 0 Å². The van der Waals surface area contributed by atoms with Gasteiger partial charge in [0.25, 0.3) is 0 Å². The van der Waals surface area contributed by atoms with Crippen LogP contribution in [0.25, 0.3) is 22.3 Å². The zero-order chi connectivity index (χ0) is 15.6. The molecule has 4 rings (SSSR count). The van der Waals surface area contributed by atoms with Gasteiger partial charge in [-0.15, -0.1) is 0 Å². The molecule has 2 aromatic carbocycles. The molecule has 0 saturated heterocycles. The van der Waals surface area contributed by atoms with Gasteiger partial charge in [0.1, 0.15) is 12.1 Å². The summed E-state index contributed by atoms with van der Waals surface area (Å²) in [6.45, 7) is 0. The molecule has 0 amide bonds. The van der Waals surface area contributed by atoms with E-state index in [1.807, 2.05) is 54.6 Å². The van der Waals surface area contributed by atoms with Gasteiger partial charge in [-0.2, -0.15) is 5.10 Å². The van der Waals surface area contributed by atoms with Crippen molar-refractivity contribution < 1.29 is 0 Å². The monoisotopic (exact) mass is 321 g/mol. The van der Waals surface area contributed by atoms with E-state index in [-0.39, 0.29) is 0 Å². The standard InChI is InChI=1S/C17H12ClN5/c18-12-8-6-11(7-9-12)15-14-16(19-10-20-17(14)23-22-15)21-13-4-2-1-3-5-13/h1-10H,(H2,19,20,21,22,23). The number of hydrogen-bond donors (Lipinski definition) is 2. The highest BCUT2D eigenvalue weighted by Gasteiger charge is 2.14. The third kappa shape index (κ3) is 2.62. The van der Waals surface area contributed by atoms with Gasteiger partial charge >= 0.3 is 0 Å². The minimum atomic E-state index is 0.614. The predicted octanol–water partition coefficient (Wildman–Crippen LogP) is 4.42. The lowest BCUT2D eigenvalue weighted by atomic mass is 10.1. The summed E-state index contributed by atoms with van der Waals surface area (Å²) in [5, 5.41) is 12.2. The Balaban J connectivity index is 1.85. The molecule has 0 spiro atoms. The summed E-state index contributed by atoms with van der Waals surface area (Å²) in [4.78, 5) is 8.60. The van der Waals surface area contributed by atoms with Crippen LogP contribution >= 0.6 is 11.6 Å². The van der Waals surface area contributed by atoms with Gasteiger partial charge in [0.15, 0.2) is 5.65 Å². The van der Waals surface area contributed by atoms with Crippen molar-refractivity contribution in [2.24, 2.45) is 0 Å². The van der Waals surface area contributed by atoms with Crippen LogP contribution in [0.15, 0.2) is 60.9 Å². The first-order valence-electron chi connectivity index (χ1n) is 7.08. The Hall–Kier alpha value is -2.92. The molecule has 0 fully saturated rings. The molecule has 2 N–H and O–H groups in total. The number of fused-ring (bicyclic) bond motifs is 1. The minimum absolute atomic E-state index is 0.614. The second-order valence-corrected chi connectivity index (χ2v) is 5.45. The van der Waals surface area contributed by atoms with Crippen molar-refractivity contribution in [1.82, 2.24) is 20.2 Å². The summed E-state index contributed by atoms with van der Waals surface area (Å²) in [5.74, 6) is 0.708. The molecule has 2 aromatic heterocycles. The summed E-state index contributed by atoms with van der Waals surface area (Å²) < 4.78 is 0. The average Bonchev–Trinajstić information content (AvgIpc) is 3.02. The Labute approximate surface area is 137 Å². The highest BCUT2D eigenvalue weighted by Crippen LogP contribution is 2.31. The lowest BCUT2D eigenvalue weighted by Gasteiger charge is -2.07. The number of hydrogen-bond acceptors (Lipinski definition) is 4. The Morgan fingerprint density at radius 2 is 1.70 bits per heavy atom. The second-order valence-electron chi connectivity index (χ2n) is 5.02. The SMILES string of the molecule is Clc1ccc(-c2[nH]nc3ncnc(Nc4ccccc4)c23)cc1. The maximum atomic E-state index is 5.97. The molecule has 112 valence electrons. The number of aromatic amines is 1. The van der Waals surface area contributed by atoms with Crippen LogP contribution < -0.4 is 5.32 Å². The summed E-state index contributed by atoms with van der Waals surface area (Å²) in [6, 6.07) is 17.4. The number of nitrogens with one attached hydrogen (secondary N) is 2. The molecule has 6 heteroatoms. The third-order valence-electron chi connectivity index (χ3n) is 3.52. The molecule has 0 aliphatic carbocycles. The van der Waals surface area contributed by atoms with Crippen LogP contribution in [0.5, 0.6) is 0 Å². The zero-order valence-electron chi connectivity index (χ0n) is 12.0. The van der Waals surface area contributed by atoms with Crippen LogP contribution in [0.3, 0.4) is 0 Å². The van der Waals surface area contributed by atoms with Crippen LogP contribution in [0.2, 0.25) is 5.02 Å². The number of H-pyrrole nitrogens is 1. The first-order valence-corrected chi connectivity index (χ1v) is 7.46. The number of halogens is 1. The number of benzene rings is 2. The predicted molar refractivity (Wildman–Crippen MR) is 91.9 cm³/mol. The van der Waals surface area contributed by atoms with Gasteiger partial charge in [-0.25, -0.2) is 9.97 Å². The van der Waals surface area contributed by atoms with Crippen LogP contribution in [-0.2, 0) is 0 Å². The molecular formula is C17H12ClN5. The summed E-state index contributed by atoms with van der Waals surface area (Å²) in [6.07, 6.45) is 1.50. The van der Waals surface area contributed by atoms with Crippen molar-refractivity contribution in [2.45, 2.75) is 0 Å². The van der Waals surface area contributed by atoms with Gasteiger partial charge in [0.2, 0.25) is 0 Å². The van der Waals surface area contributed by atoms with Crippen LogP contribution in [0.4, 0.5) is 11.5 Å². The van der Waals surface area contributed by atoms with Crippen LogP contribution in [-0.4, -0.2) is 20.2 Å². The van der Waals surface area contributed by atoms with Crippen molar-refractivity contribution in [3.8, 4) is 11.3 Å². The van der Waals surface area contributed by atoms with Gasteiger partial charge in [0.05, 0.1) is 11.1 Å². The maximum absolute atomic E-state index is 5.97. The molecule has 2 heterocycles. The van der Waals surface area contributed by atoms with E-state index in [0.29, 0.717) is 16.5 Å². The van der Waals surface area contributed by atoms with E-state index in [9.17, 15) is 0 Å². The quantitative estimate of drug-likeness (QED) is 0.586. The maximum Gasteiger partial charge on any atom is 0.186 e. The van der Waals surface area contributed by atoms with Crippen LogP contribution in [0.1, 0.15) is 0 Å². The molecule has 0 unspecified atom stereocenters. The number of anilines is 2. The third-order valence-corrected chi connectivity index (χ3v) is 3.77. The molecule has 0 bridgehead atoms. The number of para-hydroxylation sites is 1. The van der Waals surface area contributed by atoms with Gasteiger partial charge in [-0.3, -0.25) is 5.10 Å². The van der Waals surface area contributed by atoms with Gasteiger partial charge in [0, 0.05) is 16.3 Å². The van der Waals surface area contributed by atoms with Crippen LogP contribution in [0, 0.1) is 0 Å². The Morgan fingerprint density at radius 1 is 0.913 bits per heavy atom. The average molecular weight is 322 g/mol. The number of rotatable bonds is 3. The second kappa shape index (κ2) is 5.70. The van der Waals surface area contributed by atoms with E-state index in [4.69, 9.17) is 11.6 Å². The van der Waals surface area contributed by atoms with Crippen molar-refractivity contribution >= 4 is 34.1 Å². The van der Waals surface area contributed by atoms with E-state index in [2.05, 4.69) is 25.5 Å². The zero-order valence-corrected chi connectivity index (χ0v) is 12.7. The molecule has 0 radical (unpaired) electrons. The highest BCUT2D eigenvalue weighted by atomic mass is 35.5. The summed E-state index contributed by atoms with van der Waals surface area (Å²) in [5.41, 5.74) is 3.40. The summed E-state index contributed by atoms with van der Waals surface area (Å²) >= 11 is 5.97. The molecule has 0 aliphatic heterocycles. The van der Waals surface area contributed by atoms with E-state index in [1.54, 1.807) is 0 Å². The van der Waals surface area contributed by atoms with E-state index < -0.39 is 0 Å². The van der Waals surface area contributed by atoms with Crippen molar-refractivity contribution in [3.05, 3.63) is 65.9 Å². The van der Waals surface area contributed by atoms with Crippen molar-refractivity contribution in [1.29, 1.82) is 0 Å². The fourth-order valence-electron chi connectivity index (χ4n) is 2.43. The molecule has 4 aromatic rings. The van der Waals surface area contributed by atoms with E-state index in [0.717, 1.165) is 22.3 Å². The fraction of sp³-hybridized carbons (Fsp3) is 0. The largest absolute Gasteiger partial charge is 0.340 e. The first-order chi connectivity index (χ1) is 11.3. The van der Waals surface area contributed by atoms with Crippen molar-refractivity contribution in [3.63, 3.8) is 0 Å². The Morgan fingerprint density at radius 3 is 2.48 bits per heavy atom. The number of nitrogens with zero attached hydrogens (tertiary/aromatic N) is 3. The van der Waals surface area contributed by atoms with Gasteiger partial charge in [-0.05, 0) is 24.3 Å². The molecule has 0 aliphatic rings. The lowest BCUT2D eigenvalue weighted by molar-refractivity contribution is 1.09. The number of aromatic nitrogens is 4. The highest BCUT2D eigenvalue weighted by molar-refractivity contribution is 6.30. The molecule has 0 saturated carbocycles. The van der Waals surface area contributed by atoms with E-state index in [1.165, 1.54) is 6.33 Å². The topological polar surface area (TPSA) is 66.5 Å². The van der Waals surface area contributed by atoms with Crippen molar-refractivity contribution in [2.75, 3.05) is 5.32 Å². The first kappa shape index (κ1) is 13.7. The van der Waals surface area contributed by atoms with Gasteiger partial charge < -0.3 is 5.32 Å². The molecule has 0 atom stereocenters. The Kier molecular flexibility index (Phi) is 3.40. The Bertz CT molecular complexity index is 948. The molecular weight excluding hydrogens is 310 g/mol. The normalized spacial score (nSPS) is 10.8. The lowest BCUT2D eigenvalue weighted by Crippen LogP contribution is -1.95. The summed E-state index contributed by atoms with van der Waals surface area (Å²) in [7, 11) is 0.